The van der Waals surface area contributed by atoms with E-state index in [-0.39, 0.29) is 18.1 Å². The lowest BCUT2D eigenvalue weighted by molar-refractivity contribution is -0.384. The minimum atomic E-state index is -1.13. The number of rotatable bonds is 7. The van der Waals surface area contributed by atoms with E-state index in [9.17, 15) is 14.5 Å². The lowest BCUT2D eigenvalue weighted by atomic mass is 10.2. The summed E-state index contributed by atoms with van der Waals surface area (Å²) in [5, 5.41) is 20.6. The van der Waals surface area contributed by atoms with Crippen molar-refractivity contribution in [3.63, 3.8) is 0 Å². The number of aromatic nitrogens is 2. The second-order valence-corrected chi connectivity index (χ2v) is 7.05. The SMILES string of the molecule is O=[N+]([O-])c1ccc(NCc2cccnc2)nc1Nc1ccccc1N1CCNC(F)C1. The highest BCUT2D eigenvalue weighted by atomic mass is 19.1. The number of benzene rings is 1. The number of hydrogen-bond donors (Lipinski definition) is 3. The number of nitro groups is 1. The van der Waals surface area contributed by atoms with Gasteiger partial charge in [-0.25, -0.2) is 9.37 Å². The van der Waals surface area contributed by atoms with E-state index in [1.165, 1.54) is 6.07 Å². The topological polar surface area (TPSA) is 108 Å². The van der Waals surface area contributed by atoms with Gasteiger partial charge in [-0.05, 0) is 29.8 Å². The largest absolute Gasteiger partial charge is 0.366 e. The van der Waals surface area contributed by atoms with Gasteiger partial charge in [-0.1, -0.05) is 18.2 Å². The molecular weight excluding hydrogens is 401 g/mol. The van der Waals surface area contributed by atoms with E-state index >= 15 is 0 Å². The zero-order chi connectivity index (χ0) is 21.6. The zero-order valence-electron chi connectivity index (χ0n) is 16.7. The summed E-state index contributed by atoms with van der Waals surface area (Å²) in [4.78, 5) is 21.5. The molecule has 1 unspecified atom stereocenters. The quantitative estimate of drug-likeness (QED) is 0.301. The Balaban J connectivity index is 1.59. The van der Waals surface area contributed by atoms with Crippen LogP contribution in [0.3, 0.4) is 0 Å². The molecule has 10 heteroatoms. The Morgan fingerprint density at radius 1 is 1.23 bits per heavy atom. The number of hydrogen-bond acceptors (Lipinski definition) is 8. The number of piperazine rings is 1. The minimum absolute atomic E-state index is 0.112. The predicted molar refractivity (Wildman–Crippen MR) is 117 cm³/mol. The summed E-state index contributed by atoms with van der Waals surface area (Å²) < 4.78 is 13.8. The third-order valence-electron chi connectivity index (χ3n) is 4.89. The molecule has 1 aliphatic rings. The number of para-hydroxylation sites is 2. The average molecular weight is 423 g/mol. The Labute approximate surface area is 178 Å². The monoisotopic (exact) mass is 423 g/mol. The van der Waals surface area contributed by atoms with Crippen LogP contribution in [0.15, 0.2) is 60.9 Å². The van der Waals surface area contributed by atoms with E-state index in [1.54, 1.807) is 24.5 Å². The van der Waals surface area contributed by atoms with E-state index < -0.39 is 11.2 Å². The normalized spacial score (nSPS) is 16.0. The first-order valence-corrected chi connectivity index (χ1v) is 9.87. The van der Waals surface area contributed by atoms with Gasteiger partial charge in [-0.3, -0.25) is 20.4 Å². The molecule has 0 aliphatic carbocycles. The molecule has 3 N–H and O–H groups in total. The summed E-state index contributed by atoms with van der Waals surface area (Å²) in [6.45, 7) is 1.82. The van der Waals surface area contributed by atoms with Gasteiger partial charge in [-0.15, -0.1) is 0 Å². The molecule has 0 radical (unpaired) electrons. The van der Waals surface area contributed by atoms with Gasteiger partial charge in [0.1, 0.15) is 5.82 Å². The lowest BCUT2D eigenvalue weighted by Gasteiger charge is -2.33. The molecule has 0 spiro atoms. The van der Waals surface area contributed by atoms with Crippen molar-refractivity contribution < 1.29 is 9.31 Å². The summed E-state index contributed by atoms with van der Waals surface area (Å²) in [6.07, 6.45) is 2.30. The van der Waals surface area contributed by atoms with E-state index in [4.69, 9.17) is 0 Å². The number of alkyl halides is 1. The van der Waals surface area contributed by atoms with Gasteiger partial charge in [0.25, 0.3) is 0 Å². The first kappa shape index (κ1) is 20.5. The van der Waals surface area contributed by atoms with Crippen molar-refractivity contribution in [3.05, 3.63) is 76.6 Å². The number of nitrogens with zero attached hydrogens (tertiary/aromatic N) is 4. The molecule has 3 aromatic rings. The van der Waals surface area contributed by atoms with Gasteiger partial charge in [0, 0.05) is 38.1 Å². The molecule has 0 amide bonds. The van der Waals surface area contributed by atoms with Crippen molar-refractivity contribution in [1.29, 1.82) is 0 Å². The summed E-state index contributed by atoms with van der Waals surface area (Å²) in [7, 11) is 0. The molecule has 1 aliphatic heterocycles. The van der Waals surface area contributed by atoms with Crippen LogP contribution in [0.5, 0.6) is 0 Å². The smallest absolute Gasteiger partial charge is 0.311 e. The Kier molecular flexibility index (Phi) is 6.18. The van der Waals surface area contributed by atoms with E-state index in [0.717, 1.165) is 11.3 Å². The maximum absolute atomic E-state index is 13.8. The van der Waals surface area contributed by atoms with Gasteiger partial charge in [0.05, 0.1) is 22.8 Å². The molecule has 0 bridgehead atoms. The number of nitrogens with one attached hydrogen (secondary N) is 3. The van der Waals surface area contributed by atoms with Crippen LogP contribution in [0.25, 0.3) is 0 Å². The van der Waals surface area contributed by atoms with Crippen LogP contribution in [0.2, 0.25) is 0 Å². The van der Waals surface area contributed by atoms with Crippen molar-refractivity contribution in [1.82, 2.24) is 15.3 Å². The fourth-order valence-electron chi connectivity index (χ4n) is 3.39. The Morgan fingerprint density at radius 2 is 2.10 bits per heavy atom. The summed E-state index contributed by atoms with van der Waals surface area (Å²) >= 11 is 0. The van der Waals surface area contributed by atoms with Crippen molar-refractivity contribution in [3.8, 4) is 0 Å². The van der Waals surface area contributed by atoms with Crippen LogP contribution in [0.4, 0.5) is 33.1 Å². The van der Waals surface area contributed by atoms with Gasteiger partial charge in [0.15, 0.2) is 6.30 Å². The molecule has 160 valence electrons. The molecule has 0 saturated carbocycles. The number of anilines is 4. The van der Waals surface area contributed by atoms with Crippen molar-refractivity contribution in [2.75, 3.05) is 35.2 Å². The third kappa shape index (κ3) is 5.04. The van der Waals surface area contributed by atoms with Gasteiger partial charge in [-0.2, -0.15) is 0 Å². The highest BCUT2D eigenvalue weighted by Crippen LogP contribution is 2.33. The van der Waals surface area contributed by atoms with Crippen molar-refractivity contribution in [2.24, 2.45) is 0 Å². The average Bonchev–Trinajstić information content (AvgIpc) is 2.79. The first-order valence-electron chi connectivity index (χ1n) is 9.87. The molecule has 1 aromatic carbocycles. The van der Waals surface area contributed by atoms with Crippen LogP contribution < -0.4 is 20.9 Å². The fraction of sp³-hybridized carbons (Fsp3) is 0.238. The minimum Gasteiger partial charge on any atom is -0.366 e. The molecule has 1 atom stereocenters. The van der Waals surface area contributed by atoms with Crippen LogP contribution >= 0.6 is 0 Å². The highest BCUT2D eigenvalue weighted by molar-refractivity contribution is 5.77. The number of pyridine rings is 2. The molecule has 2 aromatic heterocycles. The van der Waals surface area contributed by atoms with Crippen LogP contribution in [0, 0.1) is 10.1 Å². The summed E-state index contributed by atoms with van der Waals surface area (Å²) in [5.74, 6) is 0.598. The zero-order valence-corrected chi connectivity index (χ0v) is 16.7. The maximum atomic E-state index is 13.8. The molecule has 1 saturated heterocycles. The second kappa shape index (κ2) is 9.35. The molecule has 1 fully saturated rings. The van der Waals surface area contributed by atoms with E-state index in [1.807, 2.05) is 35.2 Å². The Bertz CT molecular complexity index is 1050. The number of halogens is 1. The van der Waals surface area contributed by atoms with Gasteiger partial charge >= 0.3 is 5.69 Å². The van der Waals surface area contributed by atoms with Crippen molar-refractivity contribution in [2.45, 2.75) is 12.8 Å². The second-order valence-electron chi connectivity index (χ2n) is 7.05. The van der Waals surface area contributed by atoms with Gasteiger partial charge < -0.3 is 15.5 Å². The van der Waals surface area contributed by atoms with E-state index in [0.29, 0.717) is 31.1 Å². The molecular formula is C21H22FN7O2. The highest BCUT2D eigenvalue weighted by Gasteiger charge is 2.22. The molecule has 9 nitrogen and oxygen atoms in total. The van der Waals surface area contributed by atoms with Crippen LogP contribution in [0.1, 0.15) is 5.56 Å². The fourth-order valence-corrected chi connectivity index (χ4v) is 3.39. The summed E-state index contributed by atoms with van der Waals surface area (Å²) in [5.41, 5.74) is 2.19. The molecule has 3 heterocycles. The lowest BCUT2D eigenvalue weighted by Crippen LogP contribution is -2.48. The molecule has 4 rings (SSSR count). The maximum Gasteiger partial charge on any atom is 0.311 e. The first-order chi connectivity index (χ1) is 15.1. The Morgan fingerprint density at radius 3 is 2.87 bits per heavy atom. The predicted octanol–water partition coefficient (Wildman–Crippen LogP) is 3.45. The molecule has 31 heavy (non-hydrogen) atoms. The summed E-state index contributed by atoms with van der Waals surface area (Å²) in [6, 6.07) is 14.1. The third-order valence-corrected chi connectivity index (χ3v) is 4.89. The van der Waals surface area contributed by atoms with E-state index in [2.05, 4.69) is 25.9 Å². The van der Waals surface area contributed by atoms with Crippen LogP contribution in [-0.4, -0.2) is 40.8 Å². The van der Waals surface area contributed by atoms with Crippen molar-refractivity contribution >= 4 is 28.7 Å². The van der Waals surface area contributed by atoms with Gasteiger partial charge in [0.2, 0.25) is 5.82 Å². The standard InChI is InChI=1S/C21H22FN7O2/c22-19-14-28(11-10-24-19)17-6-2-1-5-16(17)26-21-18(29(30)31)7-8-20(27-21)25-13-15-4-3-9-23-12-15/h1-9,12,19,24H,10-11,13-14H2,(H2,25,26,27). The Hall–Kier alpha value is -3.79. The van der Waals surface area contributed by atoms with Crippen LogP contribution in [-0.2, 0) is 6.54 Å².